The number of likely N-dealkylation sites (tertiary alicyclic amines) is 1. The highest BCUT2D eigenvalue weighted by atomic mass is 32.2. The average Bonchev–Trinajstić information content (AvgIpc) is 3.40. The molecule has 2 saturated heterocycles. The lowest BCUT2D eigenvalue weighted by Gasteiger charge is -2.47. The highest BCUT2D eigenvalue weighted by Gasteiger charge is 2.56. The highest BCUT2D eigenvalue weighted by molar-refractivity contribution is 7.90. The fraction of sp³-hybridized carbons (Fsp3) is 0.444. The van der Waals surface area contributed by atoms with Crippen molar-refractivity contribution in [2.75, 3.05) is 17.4 Å². The number of rotatable bonds is 7. The van der Waals surface area contributed by atoms with E-state index in [1.165, 1.54) is 27.0 Å². The van der Waals surface area contributed by atoms with Gasteiger partial charge in [-0.1, -0.05) is 23.4 Å². The third-order valence-corrected chi connectivity index (χ3v) is 9.12. The molecule has 0 saturated carbocycles. The van der Waals surface area contributed by atoms with Gasteiger partial charge >= 0.3 is 10.2 Å². The SMILES string of the molecule is CC(C)Oc1cccc(CN2CCC3(CC2C)CN(Cc2ccon2)S(=O)(=O)N3c2cccc(F)c2)c1. The molecule has 37 heavy (non-hydrogen) atoms. The van der Waals surface area contributed by atoms with E-state index in [0.717, 1.165) is 17.9 Å². The lowest BCUT2D eigenvalue weighted by Crippen LogP contribution is -2.57. The van der Waals surface area contributed by atoms with Crippen molar-refractivity contribution in [1.29, 1.82) is 0 Å². The lowest BCUT2D eigenvalue weighted by atomic mass is 9.82. The average molecular weight is 529 g/mol. The summed E-state index contributed by atoms with van der Waals surface area (Å²) >= 11 is 0. The first-order valence-corrected chi connectivity index (χ1v) is 14.0. The first kappa shape index (κ1) is 25.7. The van der Waals surface area contributed by atoms with E-state index in [2.05, 4.69) is 29.1 Å². The molecule has 3 aromatic rings. The molecule has 10 heteroatoms. The topological polar surface area (TPSA) is 79.1 Å². The molecule has 0 aliphatic carbocycles. The molecule has 2 aliphatic rings. The van der Waals surface area contributed by atoms with Crippen LogP contribution in [0.3, 0.4) is 0 Å². The number of anilines is 1. The number of hydrogen-bond donors (Lipinski definition) is 0. The van der Waals surface area contributed by atoms with Gasteiger partial charge in [0.15, 0.2) is 0 Å². The molecule has 2 aliphatic heterocycles. The van der Waals surface area contributed by atoms with Gasteiger partial charge in [0.25, 0.3) is 0 Å². The van der Waals surface area contributed by atoms with Gasteiger partial charge in [0.2, 0.25) is 0 Å². The number of nitrogens with zero attached hydrogens (tertiary/aromatic N) is 4. The third kappa shape index (κ3) is 5.23. The van der Waals surface area contributed by atoms with Crippen LogP contribution in [-0.4, -0.2) is 53.6 Å². The molecule has 1 aromatic heterocycles. The molecule has 0 radical (unpaired) electrons. The molecule has 0 amide bonds. The molecule has 0 N–H and O–H groups in total. The Labute approximate surface area is 217 Å². The highest BCUT2D eigenvalue weighted by Crippen LogP contribution is 2.45. The van der Waals surface area contributed by atoms with E-state index in [9.17, 15) is 12.8 Å². The summed E-state index contributed by atoms with van der Waals surface area (Å²) in [5, 5.41) is 3.91. The number of piperidine rings is 1. The van der Waals surface area contributed by atoms with Crippen molar-refractivity contribution in [2.24, 2.45) is 0 Å². The van der Waals surface area contributed by atoms with Crippen LogP contribution >= 0.6 is 0 Å². The quantitative estimate of drug-likeness (QED) is 0.446. The summed E-state index contributed by atoms with van der Waals surface area (Å²) in [5.74, 6) is 0.378. The van der Waals surface area contributed by atoms with Gasteiger partial charge in [0, 0.05) is 31.7 Å². The molecule has 2 atom stereocenters. The summed E-state index contributed by atoms with van der Waals surface area (Å²) < 4.78 is 55.6. The van der Waals surface area contributed by atoms with Gasteiger partial charge in [-0.15, -0.1) is 0 Å². The number of ether oxygens (including phenoxy) is 1. The summed E-state index contributed by atoms with van der Waals surface area (Å²) in [7, 11) is -3.92. The zero-order valence-electron chi connectivity index (χ0n) is 21.4. The Balaban J connectivity index is 1.41. The molecular formula is C27H33FN4O4S. The van der Waals surface area contributed by atoms with E-state index in [1.54, 1.807) is 18.2 Å². The smallest absolute Gasteiger partial charge is 0.305 e. The van der Waals surface area contributed by atoms with Crippen LogP contribution in [0.15, 0.2) is 65.4 Å². The zero-order chi connectivity index (χ0) is 26.2. The first-order chi connectivity index (χ1) is 17.7. The summed E-state index contributed by atoms with van der Waals surface area (Å²) in [6.07, 6.45) is 2.76. The summed E-state index contributed by atoms with van der Waals surface area (Å²) in [6, 6.07) is 15.7. The molecule has 2 aromatic carbocycles. The van der Waals surface area contributed by atoms with Crippen LogP contribution in [0.25, 0.3) is 0 Å². The van der Waals surface area contributed by atoms with Crippen LogP contribution in [-0.2, 0) is 23.3 Å². The van der Waals surface area contributed by atoms with E-state index in [0.29, 0.717) is 37.3 Å². The molecular weight excluding hydrogens is 495 g/mol. The fourth-order valence-corrected chi connectivity index (χ4v) is 7.64. The third-order valence-electron chi connectivity index (χ3n) is 7.15. The van der Waals surface area contributed by atoms with Crippen LogP contribution in [0, 0.1) is 5.82 Å². The van der Waals surface area contributed by atoms with E-state index in [4.69, 9.17) is 9.26 Å². The maximum atomic E-state index is 14.2. The Bertz CT molecular complexity index is 1330. The minimum atomic E-state index is -3.92. The van der Waals surface area contributed by atoms with Gasteiger partial charge in [-0.05, 0) is 69.5 Å². The number of halogens is 1. The predicted molar refractivity (Wildman–Crippen MR) is 139 cm³/mol. The van der Waals surface area contributed by atoms with Crippen LogP contribution in [0.2, 0.25) is 0 Å². The van der Waals surface area contributed by atoms with Crippen molar-refractivity contribution in [2.45, 2.75) is 64.4 Å². The minimum Gasteiger partial charge on any atom is -0.491 e. The van der Waals surface area contributed by atoms with Gasteiger partial charge in [-0.3, -0.25) is 4.90 Å². The first-order valence-electron chi connectivity index (χ1n) is 12.6. The van der Waals surface area contributed by atoms with Gasteiger partial charge in [0.05, 0.1) is 29.6 Å². The van der Waals surface area contributed by atoms with E-state index in [1.807, 2.05) is 26.0 Å². The largest absolute Gasteiger partial charge is 0.491 e. The number of hydrogen-bond acceptors (Lipinski definition) is 6. The Morgan fingerprint density at radius 3 is 2.68 bits per heavy atom. The Morgan fingerprint density at radius 2 is 1.97 bits per heavy atom. The van der Waals surface area contributed by atoms with E-state index < -0.39 is 21.6 Å². The molecule has 5 rings (SSSR count). The van der Waals surface area contributed by atoms with Crippen LogP contribution < -0.4 is 9.04 Å². The number of benzene rings is 2. The van der Waals surface area contributed by atoms with Crippen LogP contribution in [0.5, 0.6) is 5.75 Å². The van der Waals surface area contributed by atoms with Gasteiger partial charge in [-0.2, -0.15) is 12.7 Å². The van der Waals surface area contributed by atoms with Gasteiger partial charge in [-0.25, -0.2) is 8.70 Å². The molecule has 0 bridgehead atoms. The van der Waals surface area contributed by atoms with Crippen molar-refractivity contribution in [3.8, 4) is 5.75 Å². The Morgan fingerprint density at radius 1 is 1.16 bits per heavy atom. The second kappa shape index (κ2) is 10.1. The van der Waals surface area contributed by atoms with Gasteiger partial charge < -0.3 is 9.26 Å². The van der Waals surface area contributed by atoms with Crippen molar-refractivity contribution in [3.63, 3.8) is 0 Å². The molecule has 198 valence electrons. The van der Waals surface area contributed by atoms with E-state index >= 15 is 0 Å². The van der Waals surface area contributed by atoms with Crippen molar-refractivity contribution in [1.82, 2.24) is 14.4 Å². The number of aromatic nitrogens is 1. The molecule has 2 fully saturated rings. The molecule has 8 nitrogen and oxygen atoms in total. The fourth-order valence-electron chi connectivity index (χ4n) is 5.62. The second-order valence-corrected chi connectivity index (χ2v) is 12.1. The summed E-state index contributed by atoms with van der Waals surface area (Å²) in [6.45, 7) is 7.99. The zero-order valence-corrected chi connectivity index (χ0v) is 22.2. The Hall–Kier alpha value is -2.95. The van der Waals surface area contributed by atoms with Crippen LogP contribution in [0.1, 0.15) is 44.9 Å². The maximum Gasteiger partial charge on any atom is 0.305 e. The minimum absolute atomic E-state index is 0.0988. The van der Waals surface area contributed by atoms with Crippen LogP contribution in [0.4, 0.5) is 10.1 Å². The van der Waals surface area contributed by atoms with E-state index in [-0.39, 0.29) is 18.7 Å². The normalized spacial score (nSPS) is 24.2. The Kier molecular flexibility index (Phi) is 6.99. The summed E-state index contributed by atoms with van der Waals surface area (Å²) in [4.78, 5) is 2.37. The molecule has 1 spiro atoms. The molecule has 3 heterocycles. The van der Waals surface area contributed by atoms with Crippen molar-refractivity contribution in [3.05, 3.63) is 77.9 Å². The van der Waals surface area contributed by atoms with Crippen molar-refractivity contribution < 1.29 is 22.1 Å². The maximum absolute atomic E-state index is 14.2. The monoisotopic (exact) mass is 528 g/mol. The predicted octanol–water partition coefficient (Wildman–Crippen LogP) is 4.59. The van der Waals surface area contributed by atoms with Crippen molar-refractivity contribution >= 4 is 15.9 Å². The lowest BCUT2D eigenvalue weighted by molar-refractivity contribution is 0.0981. The second-order valence-electron chi connectivity index (χ2n) is 10.3. The van der Waals surface area contributed by atoms with Gasteiger partial charge in [0.1, 0.15) is 17.8 Å². The summed E-state index contributed by atoms with van der Waals surface area (Å²) in [5.41, 5.74) is 1.33. The standard InChI is InChI=1S/C27H33FN4O4S/c1-20(2)36-26-9-4-6-22(14-26)17-30-12-11-27(16-21(30)3)19-31(18-24-10-13-35-29-24)37(33,34)32(27)25-8-5-7-23(28)15-25/h4-10,13-15,20-21H,11-12,16-19H2,1-3H3. The molecule has 2 unspecified atom stereocenters.